The Bertz CT molecular complexity index is 283. The maximum Gasteiger partial charge on any atom is 0.107 e. The largest absolute Gasteiger partial charge is 0.388 e. The molecule has 0 radical (unpaired) electrons. The lowest BCUT2D eigenvalue weighted by Gasteiger charge is -2.22. The van der Waals surface area contributed by atoms with Gasteiger partial charge in [0.1, 0.15) is 5.01 Å². The van der Waals surface area contributed by atoms with Crippen molar-refractivity contribution >= 4 is 17.2 Å². The Morgan fingerprint density at radius 3 is 3.00 bits per heavy atom. The zero-order chi connectivity index (χ0) is 10.6. The molecule has 0 aliphatic rings. The number of nitrogens with two attached hydrogens (primary N) is 1. The van der Waals surface area contributed by atoms with Gasteiger partial charge in [0.05, 0.1) is 12.4 Å². The van der Waals surface area contributed by atoms with Crippen LogP contribution in [-0.4, -0.2) is 28.8 Å². The molecule has 0 saturated heterocycles. The minimum atomic E-state index is 0.239. The van der Waals surface area contributed by atoms with Crippen molar-refractivity contribution in [3.8, 4) is 0 Å². The summed E-state index contributed by atoms with van der Waals surface area (Å²) in [5.74, 6) is 0.239. The Hall–Kier alpha value is -0.940. The molecule has 0 aromatic carbocycles. The van der Waals surface area contributed by atoms with E-state index < -0.39 is 0 Å². The molecule has 0 aliphatic heterocycles. The molecule has 1 atom stereocenters. The average Bonchev–Trinajstić information content (AvgIpc) is 2.55. The second-order valence-electron chi connectivity index (χ2n) is 3.42. The third-order valence-corrected chi connectivity index (χ3v) is 2.90. The first kappa shape index (κ1) is 11.1. The summed E-state index contributed by atoms with van der Waals surface area (Å²) in [6.45, 7) is 2.89. The van der Waals surface area contributed by atoms with Gasteiger partial charge in [-0.3, -0.25) is 10.3 Å². The highest BCUT2D eigenvalue weighted by molar-refractivity contribution is 7.09. The Balaban J connectivity index is 2.41. The zero-order valence-corrected chi connectivity index (χ0v) is 9.34. The predicted molar refractivity (Wildman–Crippen MR) is 59.6 cm³/mol. The number of hydrogen-bond donors (Lipinski definition) is 2. The first-order valence-electron chi connectivity index (χ1n) is 4.51. The second-order valence-corrected chi connectivity index (χ2v) is 4.40. The van der Waals surface area contributed by atoms with Crippen molar-refractivity contribution in [1.82, 2.24) is 9.88 Å². The highest BCUT2D eigenvalue weighted by atomic mass is 32.1. The normalized spacial score (nSPS) is 13.1. The first-order chi connectivity index (χ1) is 6.59. The van der Waals surface area contributed by atoms with E-state index in [1.165, 1.54) is 0 Å². The van der Waals surface area contributed by atoms with Crippen molar-refractivity contribution < 1.29 is 0 Å². The molecule has 4 nitrogen and oxygen atoms in total. The predicted octanol–water partition coefficient (Wildman–Crippen LogP) is 1.29. The van der Waals surface area contributed by atoms with E-state index in [0.29, 0.717) is 6.42 Å². The van der Waals surface area contributed by atoms with Crippen LogP contribution in [0.3, 0.4) is 0 Å². The highest BCUT2D eigenvalue weighted by Gasteiger charge is 2.11. The molecule has 0 bridgehead atoms. The van der Waals surface area contributed by atoms with Crippen LogP contribution < -0.4 is 5.73 Å². The van der Waals surface area contributed by atoms with Gasteiger partial charge < -0.3 is 5.73 Å². The number of aromatic nitrogens is 1. The van der Waals surface area contributed by atoms with Crippen LogP contribution >= 0.6 is 11.3 Å². The van der Waals surface area contributed by atoms with Gasteiger partial charge in [0.15, 0.2) is 0 Å². The smallest absolute Gasteiger partial charge is 0.107 e. The van der Waals surface area contributed by atoms with Crippen LogP contribution in [0.25, 0.3) is 0 Å². The van der Waals surface area contributed by atoms with Gasteiger partial charge in [-0.15, -0.1) is 11.3 Å². The minimum Gasteiger partial charge on any atom is -0.388 e. The number of rotatable bonds is 5. The summed E-state index contributed by atoms with van der Waals surface area (Å²) in [6, 6.07) is 0.288. The fourth-order valence-corrected chi connectivity index (χ4v) is 1.85. The molecule has 1 aromatic heterocycles. The zero-order valence-electron chi connectivity index (χ0n) is 8.53. The van der Waals surface area contributed by atoms with Gasteiger partial charge in [-0.05, 0) is 14.0 Å². The fraction of sp³-hybridized carbons (Fsp3) is 0.556. The summed E-state index contributed by atoms with van der Waals surface area (Å²) >= 11 is 1.65. The fourth-order valence-electron chi connectivity index (χ4n) is 1.17. The molecule has 0 amide bonds. The molecule has 1 aromatic rings. The molecule has 0 aliphatic carbocycles. The number of amidine groups is 1. The van der Waals surface area contributed by atoms with E-state index in [4.69, 9.17) is 11.1 Å². The molecule has 1 rings (SSSR count). The van der Waals surface area contributed by atoms with Crippen molar-refractivity contribution in [2.45, 2.75) is 25.9 Å². The maximum atomic E-state index is 7.21. The molecule has 0 saturated carbocycles. The SMILES string of the molecule is CC(CC(=N)N)N(C)Cc1nccs1. The number of hydrogen-bond acceptors (Lipinski definition) is 4. The van der Waals surface area contributed by atoms with Crippen molar-refractivity contribution in [3.05, 3.63) is 16.6 Å². The summed E-state index contributed by atoms with van der Waals surface area (Å²) in [5, 5.41) is 10.3. The van der Waals surface area contributed by atoms with E-state index in [-0.39, 0.29) is 11.9 Å². The van der Waals surface area contributed by atoms with Gasteiger partial charge in [-0.2, -0.15) is 0 Å². The van der Waals surface area contributed by atoms with Crippen LogP contribution in [0.15, 0.2) is 11.6 Å². The summed E-state index contributed by atoms with van der Waals surface area (Å²) in [4.78, 5) is 6.36. The standard InChI is InChI=1S/C9H16N4S/c1-7(5-8(10)11)13(2)6-9-12-3-4-14-9/h3-4,7H,5-6H2,1-2H3,(H3,10,11). The Morgan fingerprint density at radius 2 is 2.50 bits per heavy atom. The number of thiazole rings is 1. The molecule has 1 unspecified atom stereocenters. The van der Waals surface area contributed by atoms with Crippen LogP contribution in [0.2, 0.25) is 0 Å². The molecule has 5 heteroatoms. The first-order valence-corrected chi connectivity index (χ1v) is 5.39. The van der Waals surface area contributed by atoms with E-state index in [0.717, 1.165) is 11.6 Å². The monoisotopic (exact) mass is 212 g/mol. The Labute approximate surface area is 88.3 Å². The summed E-state index contributed by atoms with van der Waals surface area (Å²) in [7, 11) is 2.02. The topological polar surface area (TPSA) is 66.0 Å². The summed E-state index contributed by atoms with van der Waals surface area (Å²) in [5.41, 5.74) is 5.35. The van der Waals surface area contributed by atoms with Crippen molar-refractivity contribution in [2.24, 2.45) is 5.73 Å². The van der Waals surface area contributed by atoms with Crippen molar-refractivity contribution in [1.29, 1.82) is 5.41 Å². The van der Waals surface area contributed by atoms with Gasteiger partial charge in [0, 0.05) is 24.0 Å². The minimum absolute atomic E-state index is 0.239. The van der Waals surface area contributed by atoms with Gasteiger partial charge in [-0.1, -0.05) is 0 Å². The van der Waals surface area contributed by atoms with Crippen LogP contribution in [0.1, 0.15) is 18.4 Å². The van der Waals surface area contributed by atoms with Gasteiger partial charge >= 0.3 is 0 Å². The highest BCUT2D eigenvalue weighted by Crippen LogP contribution is 2.10. The Morgan fingerprint density at radius 1 is 1.79 bits per heavy atom. The lowest BCUT2D eigenvalue weighted by atomic mass is 10.2. The van der Waals surface area contributed by atoms with Gasteiger partial charge in [0.25, 0.3) is 0 Å². The lowest BCUT2D eigenvalue weighted by molar-refractivity contribution is 0.254. The molecular formula is C9H16N4S. The van der Waals surface area contributed by atoms with Crippen LogP contribution in [0.4, 0.5) is 0 Å². The van der Waals surface area contributed by atoms with E-state index in [1.54, 1.807) is 11.3 Å². The van der Waals surface area contributed by atoms with Crippen LogP contribution in [-0.2, 0) is 6.54 Å². The molecule has 3 N–H and O–H groups in total. The van der Waals surface area contributed by atoms with Crippen LogP contribution in [0, 0.1) is 5.41 Å². The van der Waals surface area contributed by atoms with E-state index in [2.05, 4.69) is 16.8 Å². The molecule has 14 heavy (non-hydrogen) atoms. The number of nitrogens with zero attached hydrogens (tertiary/aromatic N) is 2. The van der Waals surface area contributed by atoms with E-state index in [1.807, 2.05) is 18.6 Å². The van der Waals surface area contributed by atoms with Gasteiger partial charge in [-0.25, -0.2) is 4.98 Å². The molecule has 0 fully saturated rings. The van der Waals surface area contributed by atoms with Crippen LogP contribution in [0.5, 0.6) is 0 Å². The van der Waals surface area contributed by atoms with Crippen molar-refractivity contribution in [3.63, 3.8) is 0 Å². The molecular weight excluding hydrogens is 196 g/mol. The summed E-state index contributed by atoms with van der Waals surface area (Å²) in [6.07, 6.45) is 2.42. The molecule has 0 spiro atoms. The third kappa shape index (κ3) is 3.43. The Kier molecular flexibility index (Phi) is 4.03. The quantitative estimate of drug-likeness (QED) is 0.571. The van der Waals surface area contributed by atoms with E-state index in [9.17, 15) is 0 Å². The molecule has 1 heterocycles. The lowest BCUT2D eigenvalue weighted by Crippen LogP contribution is -2.32. The molecule has 78 valence electrons. The number of nitrogens with one attached hydrogen (secondary N) is 1. The second kappa shape index (κ2) is 5.07. The van der Waals surface area contributed by atoms with Gasteiger partial charge in [0.2, 0.25) is 0 Å². The maximum absolute atomic E-state index is 7.21. The third-order valence-electron chi connectivity index (χ3n) is 2.14. The van der Waals surface area contributed by atoms with Crippen molar-refractivity contribution in [2.75, 3.05) is 7.05 Å². The summed E-state index contributed by atoms with van der Waals surface area (Å²) < 4.78 is 0. The van der Waals surface area contributed by atoms with E-state index >= 15 is 0 Å². The average molecular weight is 212 g/mol.